The summed E-state index contributed by atoms with van der Waals surface area (Å²) < 4.78 is 3.63. The van der Waals surface area contributed by atoms with Crippen LogP contribution >= 0.6 is 11.6 Å². The van der Waals surface area contributed by atoms with E-state index < -0.39 is 0 Å². The van der Waals surface area contributed by atoms with Gasteiger partial charge < -0.3 is 9.72 Å². The van der Waals surface area contributed by atoms with Crippen molar-refractivity contribution in [3.05, 3.63) is 93.3 Å². The highest BCUT2D eigenvalue weighted by Crippen LogP contribution is 2.25. The first-order valence-electron chi connectivity index (χ1n) is 8.69. The normalized spacial score (nSPS) is 11.1. The Hall–Kier alpha value is -3.05. The van der Waals surface area contributed by atoms with Crippen LogP contribution in [0.5, 0.6) is 0 Å². The fourth-order valence-corrected chi connectivity index (χ4v) is 3.29. The molecule has 27 heavy (non-hydrogen) atoms. The van der Waals surface area contributed by atoms with Crippen molar-refractivity contribution >= 4 is 22.9 Å². The van der Waals surface area contributed by atoms with Crippen LogP contribution in [0.1, 0.15) is 17.0 Å². The van der Waals surface area contributed by atoms with E-state index in [4.69, 9.17) is 11.6 Å². The van der Waals surface area contributed by atoms with Crippen LogP contribution < -0.4 is 10.9 Å². The molecule has 0 saturated heterocycles. The zero-order valence-electron chi connectivity index (χ0n) is 15.1. The van der Waals surface area contributed by atoms with Gasteiger partial charge in [0.05, 0.1) is 17.1 Å². The Kier molecular flexibility index (Phi) is 4.46. The summed E-state index contributed by atoms with van der Waals surface area (Å²) in [7, 11) is 0. The fourth-order valence-electron chi connectivity index (χ4n) is 3.09. The van der Waals surface area contributed by atoms with Crippen LogP contribution in [0.4, 0.5) is 5.69 Å². The maximum absolute atomic E-state index is 12.3. The van der Waals surface area contributed by atoms with Gasteiger partial charge in [-0.2, -0.15) is 0 Å². The van der Waals surface area contributed by atoms with Gasteiger partial charge in [0.25, 0.3) is 5.56 Å². The Morgan fingerprint density at radius 3 is 2.67 bits per heavy atom. The molecular formula is C21H19ClN4O. The number of nitrogens with one attached hydrogen (secondary N) is 1. The molecule has 6 heteroatoms. The summed E-state index contributed by atoms with van der Waals surface area (Å²) in [5, 5.41) is 4.15. The Balaban J connectivity index is 1.83. The van der Waals surface area contributed by atoms with E-state index in [1.165, 1.54) is 0 Å². The third-order valence-electron chi connectivity index (χ3n) is 4.71. The van der Waals surface area contributed by atoms with Crippen molar-refractivity contribution in [2.45, 2.75) is 20.4 Å². The number of fused-ring (bicyclic) bond motifs is 1. The minimum atomic E-state index is -0.0802. The van der Waals surface area contributed by atoms with E-state index in [0.717, 1.165) is 34.0 Å². The highest BCUT2D eigenvalue weighted by molar-refractivity contribution is 6.31. The van der Waals surface area contributed by atoms with Crippen LogP contribution in [-0.4, -0.2) is 14.0 Å². The number of hydrogen-bond acceptors (Lipinski definition) is 3. The highest BCUT2D eigenvalue weighted by atomic mass is 35.5. The molecule has 0 spiro atoms. The average Bonchev–Trinajstić information content (AvgIpc) is 2.96. The van der Waals surface area contributed by atoms with Gasteiger partial charge in [-0.1, -0.05) is 35.9 Å². The van der Waals surface area contributed by atoms with E-state index in [-0.39, 0.29) is 5.56 Å². The van der Waals surface area contributed by atoms with Crippen LogP contribution in [0.3, 0.4) is 0 Å². The van der Waals surface area contributed by atoms with E-state index in [1.54, 1.807) is 22.9 Å². The number of pyridine rings is 2. The van der Waals surface area contributed by atoms with Gasteiger partial charge in [0.1, 0.15) is 0 Å². The van der Waals surface area contributed by atoms with Crippen molar-refractivity contribution in [3.8, 4) is 5.69 Å². The number of halogens is 1. The second kappa shape index (κ2) is 6.93. The lowest BCUT2D eigenvalue weighted by atomic mass is 10.2. The van der Waals surface area contributed by atoms with Gasteiger partial charge in [-0.25, -0.2) is 4.98 Å². The fraction of sp³-hybridized carbons (Fsp3) is 0.143. The summed E-state index contributed by atoms with van der Waals surface area (Å²) in [4.78, 5) is 17.0. The molecule has 1 aromatic carbocycles. The molecule has 5 nitrogen and oxygen atoms in total. The van der Waals surface area contributed by atoms with Gasteiger partial charge >= 0.3 is 0 Å². The SMILES string of the molecule is Cc1nc2c(NCc3ccccc3Cl)cc(-n3ccccc3=O)cn2c1C. The smallest absolute Gasteiger partial charge is 0.255 e. The Bertz CT molecular complexity index is 1190. The van der Waals surface area contributed by atoms with Gasteiger partial charge in [-0.3, -0.25) is 9.36 Å². The lowest BCUT2D eigenvalue weighted by Gasteiger charge is -2.13. The number of aromatic nitrogens is 3. The van der Waals surface area contributed by atoms with Crippen molar-refractivity contribution in [2.24, 2.45) is 0 Å². The molecule has 0 saturated carbocycles. The summed E-state index contributed by atoms with van der Waals surface area (Å²) in [6.45, 7) is 4.56. The molecule has 0 amide bonds. The molecule has 136 valence electrons. The Morgan fingerprint density at radius 2 is 1.89 bits per heavy atom. The first-order chi connectivity index (χ1) is 13.0. The molecule has 0 radical (unpaired) electrons. The van der Waals surface area contributed by atoms with E-state index in [1.807, 2.05) is 60.8 Å². The van der Waals surface area contributed by atoms with Crippen LogP contribution in [0.25, 0.3) is 11.3 Å². The average molecular weight is 379 g/mol. The third kappa shape index (κ3) is 3.22. The largest absolute Gasteiger partial charge is 0.378 e. The predicted molar refractivity (Wildman–Crippen MR) is 109 cm³/mol. The number of anilines is 1. The van der Waals surface area contributed by atoms with E-state index >= 15 is 0 Å². The first kappa shape index (κ1) is 17.4. The zero-order valence-corrected chi connectivity index (χ0v) is 15.9. The monoisotopic (exact) mass is 378 g/mol. The molecule has 3 heterocycles. The number of hydrogen-bond donors (Lipinski definition) is 1. The minimum Gasteiger partial charge on any atom is -0.378 e. The first-order valence-corrected chi connectivity index (χ1v) is 9.07. The van der Waals surface area contributed by atoms with Crippen molar-refractivity contribution in [1.29, 1.82) is 0 Å². The standard InChI is InChI=1S/C21H19ClN4O/c1-14-15(2)26-13-17(25-10-6-5-9-20(25)27)11-19(21(26)24-14)23-12-16-7-3-4-8-18(16)22/h3-11,13,23H,12H2,1-2H3. The summed E-state index contributed by atoms with van der Waals surface area (Å²) >= 11 is 6.28. The maximum atomic E-state index is 12.3. The van der Waals surface area contributed by atoms with Crippen molar-refractivity contribution in [1.82, 2.24) is 14.0 Å². The summed E-state index contributed by atoms with van der Waals surface area (Å²) in [6.07, 6.45) is 3.70. The number of rotatable bonds is 4. The molecule has 0 aliphatic rings. The van der Waals surface area contributed by atoms with Gasteiger partial charge in [-0.05, 0) is 37.6 Å². The van der Waals surface area contributed by atoms with Crippen LogP contribution in [-0.2, 0) is 6.54 Å². The molecule has 0 aliphatic heterocycles. The quantitative estimate of drug-likeness (QED) is 0.573. The second-order valence-electron chi connectivity index (χ2n) is 6.44. The molecule has 4 aromatic rings. The molecule has 4 rings (SSSR count). The molecule has 0 bridgehead atoms. The summed E-state index contributed by atoms with van der Waals surface area (Å²) in [5.74, 6) is 0. The van der Waals surface area contributed by atoms with E-state index in [2.05, 4.69) is 10.3 Å². The van der Waals surface area contributed by atoms with Gasteiger partial charge in [-0.15, -0.1) is 0 Å². The number of aryl methyl sites for hydroxylation is 2. The topological polar surface area (TPSA) is 51.3 Å². The van der Waals surface area contributed by atoms with Crippen molar-refractivity contribution in [3.63, 3.8) is 0 Å². The maximum Gasteiger partial charge on any atom is 0.255 e. The van der Waals surface area contributed by atoms with E-state index in [0.29, 0.717) is 11.6 Å². The highest BCUT2D eigenvalue weighted by Gasteiger charge is 2.12. The molecular weight excluding hydrogens is 360 g/mol. The molecule has 0 aliphatic carbocycles. The van der Waals surface area contributed by atoms with Crippen LogP contribution in [0.2, 0.25) is 5.02 Å². The van der Waals surface area contributed by atoms with Crippen LogP contribution in [0.15, 0.2) is 65.7 Å². The molecule has 0 atom stereocenters. The van der Waals surface area contributed by atoms with Gasteiger partial charge in [0.2, 0.25) is 0 Å². The number of imidazole rings is 1. The Labute approximate surface area is 161 Å². The lowest BCUT2D eigenvalue weighted by Crippen LogP contribution is -2.16. The number of nitrogens with zero attached hydrogens (tertiary/aromatic N) is 3. The lowest BCUT2D eigenvalue weighted by molar-refractivity contribution is 0.959. The Morgan fingerprint density at radius 1 is 1.11 bits per heavy atom. The molecule has 3 aromatic heterocycles. The van der Waals surface area contributed by atoms with Crippen molar-refractivity contribution in [2.75, 3.05) is 5.32 Å². The van der Waals surface area contributed by atoms with Gasteiger partial charge in [0.15, 0.2) is 5.65 Å². The number of benzene rings is 1. The minimum absolute atomic E-state index is 0.0802. The molecule has 0 fully saturated rings. The predicted octanol–water partition coefficient (Wildman–Crippen LogP) is 4.37. The van der Waals surface area contributed by atoms with Crippen molar-refractivity contribution < 1.29 is 0 Å². The van der Waals surface area contributed by atoms with Crippen LogP contribution in [0, 0.1) is 13.8 Å². The van der Waals surface area contributed by atoms with Gasteiger partial charge in [0, 0.05) is 35.7 Å². The molecule has 0 unspecified atom stereocenters. The molecule has 1 N–H and O–H groups in total. The second-order valence-corrected chi connectivity index (χ2v) is 6.85. The summed E-state index contributed by atoms with van der Waals surface area (Å²) in [6, 6.07) is 14.8. The summed E-state index contributed by atoms with van der Waals surface area (Å²) in [5.41, 5.74) is 5.35. The zero-order chi connectivity index (χ0) is 19.0. The van der Waals surface area contributed by atoms with E-state index in [9.17, 15) is 4.79 Å². The third-order valence-corrected chi connectivity index (χ3v) is 5.08.